The first kappa shape index (κ1) is 15.5. The Balaban J connectivity index is 1.89. The van der Waals surface area contributed by atoms with Gasteiger partial charge in [0.2, 0.25) is 0 Å². The Morgan fingerprint density at radius 1 is 1.10 bits per heavy atom. The second kappa shape index (κ2) is 6.24. The third-order valence-corrected chi connectivity index (χ3v) is 3.49. The van der Waals surface area contributed by atoms with E-state index in [0.717, 1.165) is 31.9 Å². The van der Waals surface area contributed by atoms with Crippen molar-refractivity contribution in [2.75, 3.05) is 38.2 Å². The molecule has 0 bridgehead atoms. The van der Waals surface area contributed by atoms with Crippen LogP contribution >= 0.6 is 0 Å². The molecular formula is C16H25N3O2. The Kier molecular flexibility index (Phi) is 4.60. The maximum Gasteiger partial charge on any atom is 0.317 e. The summed E-state index contributed by atoms with van der Waals surface area (Å²) in [6, 6.07) is 8.08. The first-order valence-electron chi connectivity index (χ1n) is 7.35. The summed E-state index contributed by atoms with van der Waals surface area (Å²) in [5.41, 5.74) is 0.983. The molecule has 0 unspecified atom stereocenters. The second-order valence-corrected chi connectivity index (χ2v) is 6.35. The first-order valence-corrected chi connectivity index (χ1v) is 7.35. The minimum Gasteiger partial charge on any atom is -0.497 e. The molecule has 1 saturated heterocycles. The van der Waals surface area contributed by atoms with E-state index in [1.54, 1.807) is 7.11 Å². The van der Waals surface area contributed by atoms with E-state index in [2.05, 4.69) is 22.3 Å². The summed E-state index contributed by atoms with van der Waals surface area (Å²) in [6.45, 7) is 9.19. The van der Waals surface area contributed by atoms with Gasteiger partial charge >= 0.3 is 6.03 Å². The summed E-state index contributed by atoms with van der Waals surface area (Å²) in [5.74, 6) is 0.863. The molecule has 0 spiro atoms. The molecule has 1 N–H and O–H groups in total. The number of urea groups is 1. The number of amides is 2. The molecule has 0 saturated carbocycles. The maximum absolute atomic E-state index is 12.1. The zero-order chi connectivity index (χ0) is 15.5. The van der Waals surface area contributed by atoms with Crippen LogP contribution in [0, 0.1) is 0 Å². The van der Waals surface area contributed by atoms with Gasteiger partial charge in [0, 0.05) is 37.4 Å². The molecule has 1 aliphatic heterocycles. The topological polar surface area (TPSA) is 44.8 Å². The van der Waals surface area contributed by atoms with Gasteiger partial charge in [0.15, 0.2) is 0 Å². The number of piperazine rings is 1. The van der Waals surface area contributed by atoms with Crippen LogP contribution in [0.5, 0.6) is 5.75 Å². The Morgan fingerprint density at radius 2 is 1.67 bits per heavy atom. The second-order valence-electron chi connectivity index (χ2n) is 6.35. The first-order chi connectivity index (χ1) is 9.89. The molecule has 1 fully saturated rings. The van der Waals surface area contributed by atoms with Crippen LogP contribution in [-0.4, -0.2) is 49.8 Å². The summed E-state index contributed by atoms with van der Waals surface area (Å²) in [5, 5.41) is 3.01. The molecule has 21 heavy (non-hydrogen) atoms. The highest BCUT2D eigenvalue weighted by Crippen LogP contribution is 2.20. The van der Waals surface area contributed by atoms with Crippen molar-refractivity contribution in [3.8, 4) is 5.75 Å². The van der Waals surface area contributed by atoms with E-state index >= 15 is 0 Å². The average molecular weight is 291 g/mol. The lowest BCUT2D eigenvalue weighted by Crippen LogP contribution is -2.55. The minimum absolute atomic E-state index is 0.0249. The highest BCUT2D eigenvalue weighted by atomic mass is 16.5. The number of carbonyl (C=O) groups is 1. The van der Waals surface area contributed by atoms with E-state index in [1.807, 2.05) is 37.8 Å². The Bertz CT molecular complexity index is 471. The normalized spacial score (nSPS) is 15.8. The van der Waals surface area contributed by atoms with Gasteiger partial charge in [0.05, 0.1) is 7.11 Å². The van der Waals surface area contributed by atoms with Crippen LogP contribution < -0.4 is 15.0 Å². The van der Waals surface area contributed by atoms with Crippen molar-refractivity contribution in [2.45, 2.75) is 26.3 Å². The van der Waals surface area contributed by atoms with Crippen molar-refractivity contribution in [3.63, 3.8) is 0 Å². The van der Waals surface area contributed by atoms with Gasteiger partial charge in [-0.25, -0.2) is 4.79 Å². The third-order valence-electron chi connectivity index (χ3n) is 3.49. The number of hydrogen-bond acceptors (Lipinski definition) is 3. The van der Waals surface area contributed by atoms with Gasteiger partial charge in [-0.2, -0.15) is 0 Å². The fourth-order valence-electron chi connectivity index (χ4n) is 2.36. The summed E-state index contributed by atoms with van der Waals surface area (Å²) in [7, 11) is 1.67. The zero-order valence-electron chi connectivity index (χ0n) is 13.3. The third kappa shape index (κ3) is 4.28. The van der Waals surface area contributed by atoms with Crippen LogP contribution in [0.1, 0.15) is 20.8 Å². The molecule has 1 aromatic carbocycles. The van der Waals surface area contributed by atoms with Gasteiger partial charge in [-0.1, -0.05) is 0 Å². The Hall–Kier alpha value is -1.91. The fraction of sp³-hybridized carbons (Fsp3) is 0.562. The summed E-state index contributed by atoms with van der Waals surface area (Å²) >= 11 is 0. The Morgan fingerprint density at radius 3 is 2.14 bits per heavy atom. The van der Waals surface area contributed by atoms with Crippen LogP contribution in [0.4, 0.5) is 10.5 Å². The predicted octanol–water partition coefficient (Wildman–Crippen LogP) is 2.33. The van der Waals surface area contributed by atoms with Crippen LogP contribution in [-0.2, 0) is 0 Å². The number of methoxy groups -OCH3 is 1. The number of ether oxygens (including phenoxy) is 1. The van der Waals surface area contributed by atoms with Gasteiger partial charge in [0.1, 0.15) is 5.75 Å². The number of carbonyl (C=O) groups excluding carboxylic acids is 1. The molecule has 0 radical (unpaired) electrons. The van der Waals surface area contributed by atoms with E-state index < -0.39 is 0 Å². The molecule has 0 aromatic heterocycles. The highest BCUT2D eigenvalue weighted by molar-refractivity contribution is 5.75. The van der Waals surface area contributed by atoms with Gasteiger partial charge in [-0.3, -0.25) is 0 Å². The largest absolute Gasteiger partial charge is 0.497 e. The van der Waals surface area contributed by atoms with E-state index in [0.29, 0.717) is 0 Å². The molecule has 1 aromatic rings. The summed E-state index contributed by atoms with van der Waals surface area (Å²) in [6.07, 6.45) is 0. The van der Waals surface area contributed by atoms with E-state index in [9.17, 15) is 4.79 Å². The van der Waals surface area contributed by atoms with Crippen molar-refractivity contribution in [1.82, 2.24) is 10.2 Å². The van der Waals surface area contributed by atoms with Gasteiger partial charge in [-0.15, -0.1) is 0 Å². The van der Waals surface area contributed by atoms with Crippen molar-refractivity contribution in [2.24, 2.45) is 0 Å². The zero-order valence-corrected chi connectivity index (χ0v) is 13.3. The molecule has 5 nitrogen and oxygen atoms in total. The van der Waals surface area contributed by atoms with E-state index in [1.165, 1.54) is 5.69 Å². The molecule has 1 heterocycles. The SMILES string of the molecule is COc1ccc(N2CCN(C(=O)NC(C)(C)C)CC2)cc1. The standard InChI is InChI=1S/C16H25N3O2/c1-16(2,3)17-15(20)19-11-9-18(10-12-19)13-5-7-14(21-4)8-6-13/h5-8H,9-12H2,1-4H3,(H,17,20). The maximum atomic E-state index is 12.1. The monoisotopic (exact) mass is 291 g/mol. The number of anilines is 1. The number of nitrogens with zero attached hydrogens (tertiary/aromatic N) is 2. The molecular weight excluding hydrogens is 266 g/mol. The lowest BCUT2D eigenvalue weighted by Gasteiger charge is -2.37. The van der Waals surface area contributed by atoms with Crippen molar-refractivity contribution in [3.05, 3.63) is 24.3 Å². The van der Waals surface area contributed by atoms with Crippen LogP contribution in [0.3, 0.4) is 0 Å². The van der Waals surface area contributed by atoms with Gasteiger partial charge in [-0.05, 0) is 45.0 Å². The number of nitrogens with one attached hydrogen (secondary N) is 1. The molecule has 2 amide bonds. The predicted molar refractivity (Wildman–Crippen MR) is 85.1 cm³/mol. The van der Waals surface area contributed by atoms with Crippen LogP contribution in [0.25, 0.3) is 0 Å². The average Bonchev–Trinajstić information content (AvgIpc) is 2.46. The quantitative estimate of drug-likeness (QED) is 0.909. The summed E-state index contributed by atoms with van der Waals surface area (Å²) < 4.78 is 5.17. The lowest BCUT2D eigenvalue weighted by atomic mass is 10.1. The molecule has 0 atom stereocenters. The highest BCUT2D eigenvalue weighted by Gasteiger charge is 2.24. The molecule has 5 heteroatoms. The molecule has 116 valence electrons. The Labute approximate surface area is 126 Å². The smallest absolute Gasteiger partial charge is 0.317 e. The number of hydrogen-bond donors (Lipinski definition) is 1. The van der Waals surface area contributed by atoms with Crippen molar-refractivity contribution >= 4 is 11.7 Å². The fourth-order valence-corrected chi connectivity index (χ4v) is 2.36. The molecule has 0 aliphatic carbocycles. The van der Waals surface area contributed by atoms with E-state index in [4.69, 9.17) is 4.74 Å². The van der Waals surface area contributed by atoms with Crippen LogP contribution in [0.15, 0.2) is 24.3 Å². The van der Waals surface area contributed by atoms with Gasteiger partial charge in [0.25, 0.3) is 0 Å². The minimum atomic E-state index is -0.190. The summed E-state index contributed by atoms with van der Waals surface area (Å²) in [4.78, 5) is 16.3. The van der Waals surface area contributed by atoms with Crippen molar-refractivity contribution in [1.29, 1.82) is 0 Å². The van der Waals surface area contributed by atoms with Gasteiger partial charge < -0.3 is 19.9 Å². The molecule has 2 rings (SSSR count). The van der Waals surface area contributed by atoms with Crippen LogP contribution in [0.2, 0.25) is 0 Å². The van der Waals surface area contributed by atoms with Crippen molar-refractivity contribution < 1.29 is 9.53 Å². The number of rotatable bonds is 2. The molecule has 1 aliphatic rings. The van der Waals surface area contributed by atoms with E-state index in [-0.39, 0.29) is 11.6 Å². The number of benzene rings is 1. The lowest BCUT2D eigenvalue weighted by molar-refractivity contribution is 0.185.